The number of nitrogens with two attached hydrogens (primary N) is 1. The molecule has 12 heteroatoms. The van der Waals surface area contributed by atoms with Gasteiger partial charge in [-0.3, -0.25) is 15.2 Å². The molecule has 0 unspecified atom stereocenters. The lowest BCUT2D eigenvalue weighted by atomic mass is 9.90. The molecule has 1 saturated carbocycles. The standard InChI is InChI=1S/C27H33FN8O2.C6H10O/c1-5-23(37)36-13-10-17(11-14-36)25(29)24(26(30)33-6-2)27(32-4)35-21-8-7-18(15-20(21)28)38-19-9-12-34-22(16-19)31-3;7-5-6-3-1-2-4-6/h5-9,12,15-17,30H,1,10-11,13-14,29H2,2-4H3,(H,31,34)(H,32,35);5-6H,1-4H2/b25-24+,30-26?,33-6?;. The predicted octanol–water partition coefficient (Wildman–Crippen LogP) is 5.58. The average molecular weight is 619 g/mol. The maximum atomic E-state index is 15.1. The third-order valence-corrected chi connectivity index (χ3v) is 7.67. The Kier molecular flexibility index (Phi) is 13.4. The molecule has 240 valence electrons. The molecule has 1 saturated heterocycles. The number of aromatic nitrogens is 1. The van der Waals surface area contributed by atoms with E-state index in [2.05, 4.69) is 32.2 Å². The minimum absolute atomic E-state index is 0.0962. The van der Waals surface area contributed by atoms with Crippen LogP contribution >= 0.6 is 0 Å². The van der Waals surface area contributed by atoms with Gasteiger partial charge in [-0.2, -0.15) is 0 Å². The van der Waals surface area contributed by atoms with Crippen LogP contribution in [0.15, 0.2) is 70.4 Å². The summed E-state index contributed by atoms with van der Waals surface area (Å²) in [4.78, 5) is 36.2. The van der Waals surface area contributed by atoms with E-state index in [0.29, 0.717) is 54.9 Å². The van der Waals surface area contributed by atoms with Crippen LogP contribution in [0.1, 0.15) is 45.4 Å². The zero-order valence-corrected chi connectivity index (χ0v) is 26.2. The number of likely N-dealkylation sites (tertiary alicyclic amines) is 1. The number of anilines is 2. The van der Waals surface area contributed by atoms with Gasteiger partial charge in [0.2, 0.25) is 5.91 Å². The molecule has 1 amide bonds. The van der Waals surface area contributed by atoms with Crippen molar-refractivity contribution >= 4 is 41.6 Å². The number of amidine groups is 2. The summed E-state index contributed by atoms with van der Waals surface area (Å²) >= 11 is 0. The topological polar surface area (TPSA) is 158 Å². The number of carbonyl (C=O) groups excluding carboxylic acids is 2. The number of ether oxygens (including phenoxy) is 1. The molecule has 2 aromatic rings. The van der Waals surface area contributed by atoms with Crippen LogP contribution in [0.25, 0.3) is 0 Å². The number of carbonyl (C=O) groups is 2. The Morgan fingerprint density at radius 2 is 1.87 bits per heavy atom. The third-order valence-electron chi connectivity index (χ3n) is 7.67. The van der Waals surface area contributed by atoms with E-state index in [1.54, 1.807) is 43.3 Å². The first kappa shape index (κ1) is 34.6. The maximum absolute atomic E-state index is 15.1. The Morgan fingerprint density at radius 3 is 2.42 bits per heavy atom. The maximum Gasteiger partial charge on any atom is 0.245 e. The summed E-state index contributed by atoms with van der Waals surface area (Å²) < 4.78 is 20.9. The lowest BCUT2D eigenvalue weighted by Gasteiger charge is -2.32. The van der Waals surface area contributed by atoms with Crippen LogP contribution in [0.5, 0.6) is 11.5 Å². The second-order valence-electron chi connectivity index (χ2n) is 10.6. The number of nitrogens with one attached hydrogen (secondary N) is 3. The normalized spacial score (nSPS) is 16.4. The summed E-state index contributed by atoms with van der Waals surface area (Å²) in [6.07, 6.45) is 11.5. The number of aliphatic imine (C=N–C) groups is 2. The number of rotatable bonds is 9. The molecule has 1 aromatic carbocycles. The number of amides is 1. The quantitative estimate of drug-likeness (QED) is 0.124. The van der Waals surface area contributed by atoms with E-state index in [1.165, 1.54) is 44.3 Å². The molecular formula is C33H43FN8O3. The number of benzene rings is 1. The highest BCUT2D eigenvalue weighted by atomic mass is 19.1. The van der Waals surface area contributed by atoms with Crippen LogP contribution in [0, 0.1) is 23.1 Å². The van der Waals surface area contributed by atoms with Crippen molar-refractivity contribution in [3.8, 4) is 11.5 Å². The highest BCUT2D eigenvalue weighted by molar-refractivity contribution is 6.27. The van der Waals surface area contributed by atoms with Gasteiger partial charge in [0, 0.05) is 69.3 Å². The SMILES string of the molecule is C=CC(=O)N1CCC(/C(N)=C(/C(=N)N=CC)C(=NC)Nc2ccc(Oc3ccnc(NC)c3)cc2F)CC1.O=CC1CCCC1. The third kappa shape index (κ3) is 9.82. The number of allylic oxidation sites excluding steroid dienone is 1. The summed E-state index contributed by atoms with van der Waals surface area (Å²) in [7, 11) is 3.27. The lowest BCUT2D eigenvalue weighted by molar-refractivity contribution is -0.127. The van der Waals surface area contributed by atoms with Crippen molar-refractivity contribution in [2.75, 3.05) is 37.8 Å². The number of nitrogens with zero attached hydrogens (tertiary/aromatic N) is 4. The van der Waals surface area contributed by atoms with E-state index in [4.69, 9.17) is 15.9 Å². The lowest BCUT2D eigenvalue weighted by Crippen LogP contribution is -2.39. The van der Waals surface area contributed by atoms with E-state index in [9.17, 15) is 9.59 Å². The summed E-state index contributed by atoms with van der Waals surface area (Å²) in [6.45, 7) is 6.27. The fourth-order valence-electron chi connectivity index (χ4n) is 5.18. The van der Waals surface area contributed by atoms with Gasteiger partial charge in [-0.15, -0.1) is 0 Å². The summed E-state index contributed by atoms with van der Waals surface area (Å²) in [5.41, 5.74) is 7.41. The van der Waals surface area contributed by atoms with Crippen LogP contribution in [0.4, 0.5) is 15.9 Å². The number of pyridine rings is 1. The van der Waals surface area contributed by atoms with Crippen LogP contribution in [0.3, 0.4) is 0 Å². The van der Waals surface area contributed by atoms with Gasteiger partial charge >= 0.3 is 0 Å². The van der Waals surface area contributed by atoms with E-state index >= 15 is 4.39 Å². The molecule has 0 bridgehead atoms. The second-order valence-corrected chi connectivity index (χ2v) is 10.6. The zero-order valence-electron chi connectivity index (χ0n) is 26.2. The fraction of sp³-hybridized carbons (Fsp3) is 0.394. The average Bonchev–Trinajstić information content (AvgIpc) is 3.60. The van der Waals surface area contributed by atoms with Gasteiger partial charge in [-0.25, -0.2) is 14.4 Å². The zero-order chi connectivity index (χ0) is 32.8. The predicted molar refractivity (Wildman–Crippen MR) is 178 cm³/mol. The molecule has 0 spiro atoms. The number of hydrogen-bond donors (Lipinski definition) is 4. The number of halogens is 1. The summed E-state index contributed by atoms with van der Waals surface area (Å²) in [6, 6.07) is 7.76. The van der Waals surface area contributed by atoms with Gasteiger partial charge in [-0.1, -0.05) is 19.4 Å². The van der Waals surface area contributed by atoms with E-state index in [1.807, 2.05) is 0 Å². The van der Waals surface area contributed by atoms with Crippen molar-refractivity contribution in [3.63, 3.8) is 0 Å². The van der Waals surface area contributed by atoms with Crippen molar-refractivity contribution in [2.24, 2.45) is 27.6 Å². The number of aldehydes is 1. The molecule has 1 aromatic heterocycles. The Morgan fingerprint density at radius 1 is 1.18 bits per heavy atom. The molecule has 0 radical (unpaired) electrons. The monoisotopic (exact) mass is 618 g/mol. The molecule has 5 N–H and O–H groups in total. The van der Waals surface area contributed by atoms with Crippen molar-refractivity contribution < 1.29 is 18.7 Å². The molecular weight excluding hydrogens is 575 g/mol. The molecule has 2 aliphatic rings. The first-order valence-corrected chi connectivity index (χ1v) is 15.0. The van der Waals surface area contributed by atoms with Crippen molar-refractivity contribution in [1.29, 1.82) is 5.41 Å². The Labute approximate surface area is 264 Å². The molecule has 45 heavy (non-hydrogen) atoms. The van der Waals surface area contributed by atoms with E-state index in [0.717, 1.165) is 19.1 Å². The molecule has 4 rings (SSSR count). The molecule has 11 nitrogen and oxygen atoms in total. The van der Waals surface area contributed by atoms with Crippen molar-refractivity contribution in [2.45, 2.75) is 45.4 Å². The van der Waals surface area contributed by atoms with Gasteiger partial charge in [0.25, 0.3) is 0 Å². The minimum atomic E-state index is -0.578. The van der Waals surface area contributed by atoms with Gasteiger partial charge < -0.3 is 30.8 Å². The molecule has 1 aliphatic carbocycles. The summed E-state index contributed by atoms with van der Waals surface area (Å²) in [5.74, 6) is 1.16. The number of hydrogen-bond acceptors (Lipinski definition) is 8. The highest BCUT2D eigenvalue weighted by Gasteiger charge is 2.28. The van der Waals surface area contributed by atoms with Crippen LogP contribution in [-0.4, -0.2) is 67.1 Å². The van der Waals surface area contributed by atoms with Gasteiger partial charge in [0.15, 0.2) is 5.84 Å². The highest BCUT2D eigenvalue weighted by Crippen LogP contribution is 2.29. The Hall–Kier alpha value is -4.87. The first-order valence-electron chi connectivity index (χ1n) is 15.0. The number of piperidine rings is 1. The molecule has 2 fully saturated rings. The van der Waals surface area contributed by atoms with Crippen LogP contribution in [0.2, 0.25) is 0 Å². The van der Waals surface area contributed by atoms with Crippen molar-refractivity contribution in [1.82, 2.24) is 9.88 Å². The van der Waals surface area contributed by atoms with Gasteiger partial charge in [-0.05, 0) is 56.9 Å². The fourth-order valence-corrected chi connectivity index (χ4v) is 5.18. The Bertz CT molecular complexity index is 1440. The first-order chi connectivity index (χ1) is 21.7. The molecule has 1 aliphatic heterocycles. The van der Waals surface area contributed by atoms with Gasteiger partial charge in [0.1, 0.15) is 35.3 Å². The van der Waals surface area contributed by atoms with Crippen molar-refractivity contribution in [3.05, 3.63) is 66.3 Å². The van der Waals surface area contributed by atoms with E-state index < -0.39 is 5.82 Å². The van der Waals surface area contributed by atoms with Gasteiger partial charge in [0.05, 0.1) is 11.3 Å². The largest absolute Gasteiger partial charge is 0.457 e. The molecule has 0 atom stereocenters. The van der Waals surface area contributed by atoms with Crippen LogP contribution < -0.4 is 21.1 Å². The van der Waals surface area contributed by atoms with Crippen LogP contribution in [-0.2, 0) is 9.59 Å². The second kappa shape index (κ2) is 17.4. The smallest absolute Gasteiger partial charge is 0.245 e. The minimum Gasteiger partial charge on any atom is -0.457 e. The Balaban J connectivity index is 0.000000693. The molecule has 2 heterocycles. The summed E-state index contributed by atoms with van der Waals surface area (Å²) in [5, 5.41) is 14.4. The van der Waals surface area contributed by atoms with E-state index in [-0.39, 0.29) is 34.8 Å².